The third-order valence-corrected chi connectivity index (χ3v) is 6.89. The number of carboxylic acid groups (broad SMARTS) is 1. The highest BCUT2D eigenvalue weighted by Crippen LogP contribution is 2.56. The van der Waals surface area contributed by atoms with Crippen LogP contribution < -0.4 is 9.83 Å². The molecular weight excluding hydrogens is 343 g/mol. The Balaban J connectivity index is 2.07. The zero-order chi connectivity index (χ0) is 18.2. The lowest BCUT2D eigenvalue weighted by Gasteiger charge is -2.33. The first kappa shape index (κ1) is 17.7. The van der Waals surface area contributed by atoms with Crippen molar-refractivity contribution in [3.05, 3.63) is 48.5 Å². The molecule has 132 valence electrons. The normalized spacial score (nSPS) is 20.1. The number of aliphatic hydroxyl groups is 2. The third-order valence-electron chi connectivity index (χ3n) is 4.35. The molecule has 2 atom stereocenters. The lowest BCUT2D eigenvalue weighted by molar-refractivity contribution is -0.186. The van der Waals surface area contributed by atoms with E-state index in [-0.39, 0.29) is 6.16 Å². The molecule has 6 nitrogen and oxygen atoms in total. The number of benzene rings is 2. The molecule has 0 aliphatic carbocycles. The molecule has 0 bridgehead atoms. The number of carbonyl (C=O) groups is 1. The quantitative estimate of drug-likeness (QED) is 0.558. The van der Waals surface area contributed by atoms with E-state index in [1.54, 1.807) is 24.3 Å². The number of aliphatic carboxylic acids is 1. The Morgan fingerprint density at radius 3 is 2.36 bits per heavy atom. The van der Waals surface area contributed by atoms with Crippen LogP contribution in [0.3, 0.4) is 0 Å². The molecule has 7 heteroatoms. The van der Waals surface area contributed by atoms with E-state index in [0.717, 1.165) is 18.1 Å². The van der Waals surface area contributed by atoms with Crippen LogP contribution in [-0.4, -0.2) is 33.2 Å². The highest BCUT2D eigenvalue weighted by molar-refractivity contribution is 7.67. The Hall–Kier alpha value is -2.14. The molecule has 1 aliphatic rings. The van der Waals surface area contributed by atoms with Gasteiger partial charge in [-0.25, -0.2) is 0 Å². The summed E-state index contributed by atoms with van der Waals surface area (Å²) in [5, 5.41) is 29.4. The summed E-state index contributed by atoms with van der Waals surface area (Å²) in [4.78, 5) is 11.1. The van der Waals surface area contributed by atoms with Crippen LogP contribution in [0.1, 0.15) is 13.3 Å². The Labute approximate surface area is 145 Å². The second-order valence-electron chi connectivity index (χ2n) is 6.35. The molecule has 3 N–H and O–H groups in total. The maximum Gasteiger partial charge on any atom is 0.303 e. The highest BCUT2D eigenvalue weighted by atomic mass is 31.2. The van der Waals surface area contributed by atoms with Crippen LogP contribution in [0.4, 0.5) is 0 Å². The monoisotopic (exact) mass is 362 g/mol. The molecule has 2 aromatic rings. The van der Waals surface area contributed by atoms with Crippen LogP contribution in [0.25, 0.3) is 11.1 Å². The molecule has 2 unspecified atom stereocenters. The summed E-state index contributed by atoms with van der Waals surface area (Å²) in [6.45, 7) is 1.09. The number of para-hydroxylation sites is 1. The Bertz CT molecular complexity index is 855. The molecular formula is C18H19O6P. The van der Waals surface area contributed by atoms with Gasteiger partial charge in [-0.05, 0) is 24.6 Å². The number of fused-ring (bicyclic) bond motifs is 3. The summed E-state index contributed by atoms with van der Waals surface area (Å²) in [6.07, 6.45) is -0.811. The molecule has 0 saturated heterocycles. The number of hydrogen-bond donors (Lipinski definition) is 3. The van der Waals surface area contributed by atoms with Crippen molar-refractivity contribution in [1.82, 2.24) is 0 Å². The summed E-state index contributed by atoms with van der Waals surface area (Å²) >= 11 is 0. The van der Waals surface area contributed by atoms with Crippen LogP contribution in [-0.2, 0) is 9.36 Å². The Morgan fingerprint density at radius 1 is 1.12 bits per heavy atom. The van der Waals surface area contributed by atoms with Gasteiger partial charge in [0.1, 0.15) is 5.75 Å². The Kier molecular flexibility index (Phi) is 4.45. The number of carboxylic acids is 1. The van der Waals surface area contributed by atoms with Gasteiger partial charge in [0.2, 0.25) is 0 Å². The van der Waals surface area contributed by atoms with Gasteiger partial charge >= 0.3 is 5.97 Å². The third kappa shape index (κ3) is 3.47. The molecule has 0 amide bonds. The van der Waals surface area contributed by atoms with Crippen LogP contribution in [0, 0.1) is 5.92 Å². The fourth-order valence-electron chi connectivity index (χ4n) is 3.04. The predicted octanol–water partition coefficient (Wildman–Crippen LogP) is 2.44. The summed E-state index contributed by atoms with van der Waals surface area (Å²) in [6, 6.07) is 14.2. The van der Waals surface area contributed by atoms with Gasteiger partial charge in [-0.3, -0.25) is 9.36 Å². The fraction of sp³-hybridized carbons (Fsp3) is 0.278. The van der Waals surface area contributed by atoms with Gasteiger partial charge in [0.25, 0.3) is 7.37 Å². The van der Waals surface area contributed by atoms with Gasteiger partial charge in [0, 0.05) is 17.6 Å². The van der Waals surface area contributed by atoms with Crippen LogP contribution in [0.5, 0.6) is 5.75 Å². The van der Waals surface area contributed by atoms with Gasteiger partial charge in [-0.2, -0.15) is 0 Å². The Morgan fingerprint density at radius 2 is 1.72 bits per heavy atom. The standard InChI is InChI=1S/C18H19O6P/c1-18(21,22)12(10-17(19)20)11-25(23)16-9-5-3-7-14(16)13-6-2-4-8-15(13)24-25/h2-9,12,21-22H,10-11H2,1H3,(H,19,20). The zero-order valence-corrected chi connectivity index (χ0v) is 14.5. The number of hydrogen-bond acceptors (Lipinski definition) is 5. The molecule has 0 fully saturated rings. The minimum Gasteiger partial charge on any atom is -0.481 e. The first-order chi connectivity index (χ1) is 11.7. The van der Waals surface area contributed by atoms with Crippen molar-refractivity contribution in [2.45, 2.75) is 19.1 Å². The van der Waals surface area contributed by atoms with E-state index in [1.807, 2.05) is 24.3 Å². The summed E-state index contributed by atoms with van der Waals surface area (Å²) in [5.41, 5.74) is 1.55. The second-order valence-corrected chi connectivity index (χ2v) is 8.73. The molecule has 2 aromatic carbocycles. The van der Waals surface area contributed by atoms with Crippen LogP contribution >= 0.6 is 7.37 Å². The maximum absolute atomic E-state index is 13.6. The lowest BCUT2D eigenvalue weighted by Crippen LogP contribution is -2.39. The van der Waals surface area contributed by atoms with Crippen molar-refractivity contribution in [2.75, 3.05) is 6.16 Å². The molecule has 0 radical (unpaired) electrons. The van der Waals surface area contributed by atoms with Gasteiger partial charge in [-0.1, -0.05) is 36.4 Å². The average molecular weight is 362 g/mol. The fourth-order valence-corrected chi connectivity index (χ4v) is 5.82. The SMILES string of the molecule is CC(O)(O)C(CC(=O)O)CP1(=O)Oc2ccccc2-c2ccccc21. The van der Waals surface area contributed by atoms with Crippen molar-refractivity contribution < 1.29 is 29.2 Å². The predicted molar refractivity (Wildman–Crippen MR) is 93.2 cm³/mol. The molecule has 0 aromatic heterocycles. The maximum atomic E-state index is 13.6. The van der Waals surface area contributed by atoms with Gasteiger partial charge < -0.3 is 19.8 Å². The van der Waals surface area contributed by atoms with Gasteiger partial charge in [0.15, 0.2) is 5.79 Å². The van der Waals surface area contributed by atoms with E-state index >= 15 is 0 Å². The molecule has 3 rings (SSSR count). The number of rotatable bonds is 5. The first-order valence-corrected chi connectivity index (χ1v) is 9.66. The molecule has 1 heterocycles. The topological polar surface area (TPSA) is 104 Å². The molecule has 25 heavy (non-hydrogen) atoms. The smallest absolute Gasteiger partial charge is 0.303 e. The van der Waals surface area contributed by atoms with E-state index in [4.69, 9.17) is 9.63 Å². The summed E-state index contributed by atoms with van der Waals surface area (Å²) < 4.78 is 19.4. The van der Waals surface area contributed by atoms with Crippen LogP contribution in [0.15, 0.2) is 48.5 Å². The van der Waals surface area contributed by atoms with Crippen molar-refractivity contribution >= 4 is 18.6 Å². The summed E-state index contributed by atoms with van der Waals surface area (Å²) in [7, 11) is -3.53. The summed E-state index contributed by atoms with van der Waals surface area (Å²) in [5.74, 6) is -4.19. The van der Waals surface area contributed by atoms with E-state index in [2.05, 4.69) is 0 Å². The minimum absolute atomic E-state index is 0.284. The molecule has 0 spiro atoms. The van der Waals surface area contributed by atoms with Gasteiger partial charge in [-0.15, -0.1) is 0 Å². The van der Waals surface area contributed by atoms with E-state index < -0.39 is 31.5 Å². The molecule has 0 saturated carbocycles. The second kappa shape index (κ2) is 6.30. The largest absolute Gasteiger partial charge is 0.481 e. The van der Waals surface area contributed by atoms with Crippen molar-refractivity contribution in [2.24, 2.45) is 5.92 Å². The van der Waals surface area contributed by atoms with E-state index in [0.29, 0.717) is 11.1 Å². The van der Waals surface area contributed by atoms with Crippen molar-refractivity contribution in [1.29, 1.82) is 0 Å². The highest BCUT2D eigenvalue weighted by Gasteiger charge is 2.43. The van der Waals surface area contributed by atoms with Crippen LogP contribution in [0.2, 0.25) is 0 Å². The van der Waals surface area contributed by atoms with Gasteiger partial charge in [0.05, 0.1) is 11.7 Å². The minimum atomic E-state index is -3.53. The van der Waals surface area contributed by atoms with Crippen molar-refractivity contribution in [3.63, 3.8) is 0 Å². The van der Waals surface area contributed by atoms with E-state index in [9.17, 15) is 19.6 Å². The van der Waals surface area contributed by atoms with Crippen molar-refractivity contribution in [3.8, 4) is 16.9 Å². The first-order valence-electron chi connectivity index (χ1n) is 7.85. The lowest BCUT2D eigenvalue weighted by atomic mass is 9.99. The zero-order valence-electron chi connectivity index (χ0n) is 13.6. The van der Waals surface area contributed by atoms with E-state index in [1.165, 1.54) is 0 Å². The molecule has 1 aliphatic heterocycles. The average Bonchev–Trinajstić information content (AvgIpc) is 2.53.